The zero-order chi connectivity index (χ0) is 14.1. The molecule has 0 spiro atoms. The highest BCUT2D eigenvalue weighted by Crippen LogP contribution is 2.14. The van der Waals surface area contributed by atoms with E-state index in [1.54, 1.807) is 0 Å². The summed E-state index contributed by atoms with van der Waals surface area (Å²) in [4.78, 5) is 13.8. The Hall–Kier alpha value is -1.19. The summed E-state index contributed by atoms with van der Waals surface area (Å²) in [5.41, 5.74) is -0.606. The molecule has 0 amide bonds. The molecule has 19 heavy (non-hydrogen) atoms. The third-order valence-electron chi connectivity index (χ3n) is 2.92. The minimum Gasteiger partial charge on any atom is -0.366 e. The normalized spacial score (nSPS) is 20.8. The van der Waals surface area contributed by atoms with E-state index in [9.17, 15) is 21.6 Å². The van der Waals surface area contributed by atoms with E-state index in [1.165, 1.54) is 6.20 Å². The number of sulfone groups is 1. The smallest absolute Gasteiger partial charge is 0.248 e. The fourth-order valence-electron chi connectivity index (χ4n) is 1.90. The lowest BCUT2D eigenvalue weighted by Crippen LogP contribution is -2.36. The molecule has 0 bridgehead atoms. The lowest BCUT2D eigenvalue weighted by molar-refractivity contribution is 0.434. The van der Waals surface area contributed by atoms with Crippen molar-refractivity contribution < 1.29 is 16.8 Å². The van der Waals surface area contributed by atoms with Crippen LogP contribution in [-0.4, -0.2) is 50.7 Å². The number of H-pyrrole nitrogens is 1. The van der Waals surface area contributed by atoms with Gasteiger partial charge in [0.2, 0.25) is 15.5 Å². The fourth-order valence-corrected chi connectivity index (χ4v) is 4.80. The van der Waals surface area contributed by atoms with Crippen LogP contribution in [0.2, 0.25) is 0 Å². The van der Waals surface area contributed by atoms with Crippen LogP contribution in [-0.2, 0) is 19.9 Å². The molecule has 1 fully saturated rings. The zero-order valence-corrected chi connectivity index (χ0v) is 11.7. The second kappa shape index (κ2) is 5.06. The Labute approximate surface area is 111 Å². The number of aromatic nitrogens is 1. The van der Waals surface area contributed by atoms with Crippen molar-refractivity contribution in [2.75, 3.05) is 24.6 Å². The van der Waals surface area contributed by atoms with E-state index >= 15 is 0 Å². The number of sulfonamides is 1. The van der Waals surface area contributed by atoms with Crippen molar-refractivity contribution in [2.45, 2.75) is 11.3 Å². The van der Waals surface area contributed by atoms with Crippen LogP contribution in [0.1, 0.15) is 6.42 Å². The predicted molar refractivity (Wildman–Crippen MR) is 69.1 cm³/mol. The first-order valence-electron chi connectivity index (χ1n) is 5.71. The third-order valence-corrected chi connectivity index (χ3v) is 6.56. The number of nitrogens with one attached hydrogen (secondary N) is 1. The molecule has 9 heteroatoms. The predicted octanol–water partition coefficient (Wildman–Crippen LogP) is -0.816. The molecule has 1 N–H and O–H groups in total. The molecule has 2 heterocycles. The first kappa shape index (κ1) is 14.2. The molecule has 1 aromatic heterocycles. The quantitative estimate of drug-likeness (QED) is 0.769. The molecular weight excluding hydrogens is 292 g/mol. The van der Waals surface area contributed by atoms with Gasteiger partial charge < -0.3 is 4.98 Å². The Morgan fingerprint density at radius 2 is 1.95 bits per heavy atom. The van der Waals surface area contributed by atoms with Crippen molar-refractivity contribution in [1.82, 2.24) is 9.29 Å². The monoisotopic (exact) mass is 306 g/mol. The lowest BCUT2D eigenvalue weighted by atomic mass is 10.5. The first-order chi connectivity index (χ1) is 8.83. The Morgan fingerprint density at radius 3 is 2.63 bits per heavy atom. The molecule has 1 aliphatic rings. The number of hydrogen-bond acceptors (Lipinski definition) is 5. The largest absolute Gasteiger partial charge is 0.366 e. The van der Waals surface area contributed by atoms with E-state index in [0.717, 1.165) is 16.6 Å². The van der Waals surface area contributed by atoms with Gasteiger partial charge >= 0.3 is 0 Å². The molecule has 0 saturated carbocycles. The van der Waals surface area contributed by atoms with E-state index in [1.807, 2.05) is 0 Å². The zero-order valence-electron chi connectivity index (χ0n) is 10.1. The van der Waals surface area contributed by atoms with E-state index in [-0.39, 0.29) is 35.9 Å². The molecule has 0 aliphatic carbocycles. The molecule has 1 aromatic rings. The molecule has 0 radical (unpaired) electrons. The van der Waals surface area contributed by atoms with Crippen molar-refractivity contribution in [3.63, 3.8) is 0 Å². The number of hydrogen-bond donors (Lipinski definition) is 1. The SMILES string of the molecule is O=c1cc[nH]cc1S(=O)(=O)N1CCCS(=O)(=O)CC1. The van der Waals surface area contributed by atoms with Crippen LogP contribution in [0, 0.1) is 0 Å². The van der Waals surface area contributed by atoms with Crippen molar-refractivity contribution in [3.05, 3.63) is 28.7 Å². The van der Waals surface area contributed by atoms with Gasteiger partial charge in [-0.15, -0.1) is 0 Å². The minimum absolute atomic E-state index is 0.0236. The van der Waals surface area contributed by atoms with Crippen LogP contribution in [0.5, 0.6) is 0 Å². The summed E-state index contributed by atoms with van der Waals surface area (Å²) in [7, 11) is -7.14. The number of nitrogens with zero attached hydrogens (tertiary/aromatic N) is 1. The highest BCUT2D eigenvalue weighted by molar-refractivity contribution is 7.91. The van der Waals surface area contributed by atoms with Crippen molar-refractivity contribution in [3.8, 4) is 0 Å². The van der Waals surface area contributed by atoms with Gasteiger partial charge in [-0.2, -0.15) is 4.31 Å². The van der Waals surface area contributed by atoms with Crippen LogP contribution < -0.4 is 5.43 Å². The molecule has 7 nitrogen and oxygen atoms in total. The second-order valence-corrected chi connectivity index (χ2v) is 8.49. The van der Waals surface area contributed by atoms with Gasteiger partial charge in [0.25, 0.3) is 0 Å². The van der Waals surface area contributed by atoms with E-state index in [0.29, 0.717) is 0 Å². The first-order valence-corrected chi connectivity index (χ1v) is 8.97. The standard InChI is InChI=1S/C10H14N2O5S2/c13-9-2-3-11-8-10(9)19(16,17)12-4-1-6-18(14,15)7-5-12/h2-3,8H,1,4-7H2,(H,11,13). The maximum atomic E-state index is 12.3. The average Bonchev–Trinajstić information content (AvgIpc) is 2.51. The van der Waals surface area contributed by atoms with E-state index < -0.39 is 25.3 Å². The highest BCUT2D eigenvalue weighted by Gasteiger charge is 2.30. The molecular formula is C10H14N2O5S2. The molecule has 0 aromatic carbocycles. The van der Waals surface area contributed by atoms with Crippen molar-refractivity contribution >= 4 is 19.9 Å². The fraction of sp³-hybridized carbons (Fsp3) is 0.500. The molecule has 1 aliphatic heterocycles. The highest BCUT2D eigenvalue weighted by atomic mass is 32.2. The summed E-state index contributed by atoms with van der Waals surface area (Å²) in [6.07, 6.45) is 2.71. The van der Waals surface area contributed by atoms with Crippen LogP contribution in [0.15, 0.2) is 28.2 Å². The van der Waals surface area contributed by atoms with Crippen molar-refractivity contribution in [2.24, 2.45) is 0 Å². The summed E-state index contributed by atoms with van der Waals surface area (Å²) in [6, 6.07) is 1.13. The van der Waals surface area contributed by atoms with Gasteiger partial charge in [-0.05, 0) is 6.42 Å². The molecule has 2 rings (SSSR count). The summed E-state index contributed by atoms with van der Waals surface area (Å²) in [5.74, 6) is -0.235. The van der Waals surface area contributed by atoms with Gasteiger partial charge in [-0.3, -0.25) is 4.79 Å². The second-order valence-electron chi connectivity index (χ2n) is 4.28. The lowest BCUT2D eigenvalue weighted by Gasteiger charge is -2.18. The molecule has 0 atom stereocenters. The van der Waals surface area contributed by atoms with Gasteiger partial charge in [0.15, 0.2) is 9.84 Å². The summed E-state index contributed by atoms with van der Waals surface area (Å²) < 4.78 is 48.5. The van der Waals surface area contributed by atoms with Gasteiger partial charge in [-0.1, -0.05) is 0 Å². The van der Waals surface area contributed by atoms with Crippen LogP contribution in [0.3, 0.4) is 0 Å². The van der Waals surface area contributed by atoms with Gasteiger partial charge in [0.05, 0.1) is 11.5 Å². The average molecular weight is 306 g/mol. The number of aromatic amines is 1. The van der Waals surface area contributed by atoms with Gasteiger partial charge in [0.1, 0.15) is 4.90 Å². The molecule has 0 unspecified atom stereocenters. The maximum Gasteiger partial charge on any atom is 0.248 e. The van der Waals surface area contributed by atoms with E-state index in [4.69, 9.17) is 0 Å². The van der Waals surface area contributed by atoms with Crippen LogP contribution in [0.25, 0.3) is 0 Å². The molecule has 1 saturated heterocycles. The van der Waals surface area contributed by atoms with Crippen LogP contribution in [0.4, 0.5) is 0 Å². The Bertz CT molecular complexity index is 720. The van der Waals surface area contributed by atoms with Gasteiger partial charge in [-0.25, -0.2) is 16.8 Å². The maximum absolute atomic E-state index is 12.3. The summed E-state index contributed by atoms with van der Waals surface area (Å²) in [5, 5.41) is 0. The molecule has 106 valence electrons. The minimum atomic E-state index is -3.94. The summed E-state index contributed by atoms with van der Waals surface area (Å²) >= 11 is 0. The summed E-state index contributed by atoms with van der Waals surface area (Å²) in [6.45, 7) is -0.00506. The Morgan fingerprint density at radius 1 is 1.21 bits per heavy atom. The number of rotatable bonds is 2. The van der Waals surface area contributed by atoms with Gasteiger partial charge in [0, 0.05) is 31.5 Å². The number of pyridine rings is 1. The Balaban J connectivity index is 2.36. The van der Waals surface area contributed by atoms with Crippen molar-refractivity contribution in [1.29, 1.82) is 0 Å². The van der Waals surface area contributed by atoms with Crippen LogP contribution >= 0.6 is 0 Å². The van der Waals surface area contributed by atoms with E-state index in [2.05, 4.69) is 4.98 Å². The topological polar surface area (TPSA) is 104 Å². The third kappa shape index (κ3) is 3.04. The Kier molecular flexibility index (Phi) is 3.79.